The summed E-state index contributed by atoms with van der Waals surface area (Å²) < 4.78 is 4.78. The highest BCUT2D eigenvalue weighted by Crippen LogP contribution is 2.46. The van der Waals surface area contributed by atoms with Crippen molar-refractivity contribution < 1.29 is 14.3 Å². The average Bonchev–Trinajstić information content (AvgIpc) is 3.52. The van der Waals surface area contributed by atoms with Crippen LogP contribution in [0.1, 0.15) is 50.2 Å². The van der Waals surface area contributed by atoms with E-state index in [1.165, 1.54) is 12.7 Å². The zero-order valence-corrected chi connectivity index (χ0v) is 20.2. The van der Waals surface area contributed by atoms with Crippen molar-refractivity contribution >= 4 is 40.8 Å². The number of anilines is 1. The number of hydrogen-bond donors (Lipinski definition) is 1. The normalized spacial score (nSPS) is 15.6. The molecule has 3 aromatic carbocycles. The summed E-state index contributed by atoms with van der Waals surface area (Å²) in [6, 6.07) is 18.8. The third-order valence-electron chi connectivity index (χ3n) is 6.65. The third kappa shape index (κ3) is 4.26. The second-order valence-electron chi connectivity index (χ2n) is 8.84. The van der Waals surface area contributed by atoms with E-state index in [1.54, 1.807) is 18.2 Å². The number of methoxy groups -OCH3 is 1. The largest absolute Gasteiger partial charge is 0.465 e. The molecule has 34 heavy (non-hydrogen) atoms. The fourth-order valence-electron chi connectivity index (χ4n) is 4.67. The van der Waals surface area contributed by atoms with Gasteiger partial charge in [-0.1, -0.05) is 53.5 Å². The van der Waals surface area contributed by atoms with Gasteiger partial charge in [0.2, 0.25) is 0 Å². The van der Waals surface area contributed by atoms with Crippen molar-refractivity contribution in [2.45, 2.75) is 31.3 Å². The van der Waals surface area contributed by atoms with E-state index in [4.69, 9.17) is 27.9 Å². The number of rotatable bonds is 6. The molecule has 0 atom stereocenters. The van der Waals surface area contributed by atoms with E-state index in [0.29, 0.717) is 27.7 Å². The van der Waals surface area contributed by atoms with Gasteiger partial charge in [0, 0.05) is 13.1 Å². The van der Waals surface area contributed by atoms with Gasteiger partial charge in [0.25, 0.3) is 5.91 Å². The van der Waals surface area contributed by atoms with Crippen LogP contribution >= 0.6 is 23.2 Å². The average molecular weight is 495 g/mol. The Morgan fingerprint density at radius 1 is 1.03 bits per heavy atom. The van der Waals surface area contributed by atoms with Crippen LogP contribution in [0.4, 0.5) is 5.69 Å². The number of amides is 1. The maximum absolute atomic E-state index is 13.5. The van der Waals surface area contributed by atoms with Gasteiger partial charge in [-0.2, -0.15) is 0 Å². The van der Waals surface area contributed by atoms with Crippen LogP contribution < -0.4 is 10.2 Å². The monoisotopic (exact) mass is 494 g/mol. The molecule has 0 aromatic heterocycles. The Hall–Kier alpha value is -3.02. The van der Waals surface area contributed by atoms with Crippen LogP contribution in [0.5, 0.6) is 0 Å². The van der Waals surface area contributed by atoms with Crippen LogP contribution in [0, 0.1) is 0 Å². The molecule has 7 heteroatoms. The Morgan fingerprint density at radius 2 is 1.79 bits per heavy atom. The van der Waals surface area contributed by atoms with E-state index in [9.17, 15) is 9.59 Å². The molecular formula is C27H24Cl2N2O3. The van der Waals surface area contributed by atoms with Crippen LogP contribution in [0.15, 0.2) is 60.7 Å². The Bertz CT molecular complexity index is 1270. The summed E-state index contributed by atoms with van der Waals surface area (Å²) in [7, 11) is 1.36. The third-order valence-corrected chi connectivity index (χ3v) is 7.39. The topological polar surface area (TPSA) is 58.6 Å². The standard InChI is InChI=1S/C27H24Cl2N2O3/c1-34-26(33)19-6-8-20(9-7-19)27(12-13-27)30-25(32)21-4-2-3-18-11-14-31(24(18)21)16-17-5-10-22(28)23(29)15-17/h2-10,15H,11-14,16H2,1H3,(H,30,32). The van der Waals surface area contributed by atoms with Crippen LogP contribution in [0.25, 0.3) is 0 Å². The number of nitrogens with zero attached hydrogens (tertiary/aromatic N) is 1. The molecule has 1 fully saturated rings. The molecule has 3 aromatic rings. The SMILES string of the molecule is COC(=O)c1ccc(C2(NC(=O)c3cccc4c3N(Cc3ccc(Cl)c(Cl)c3)CC4)CC2)cc1. The number of para-hydroxylation sites is 1. The lowest BCUT2D eigenvalue weighted by molar-refractivity contribution is 0.0600. The molecule has 5 rings (SSSR count). The van der Waals surface area contributed by atoms with Crippen molar-refractivity contribution in [1.29, 1.82) is 0 Å². The molecule has 1 saturated carbocycles. The molecule has 1 heterocycles. The van der Waals surface area contributed by atoms with E-state index in [1.807, 2.05) is 36.4 Å². The lowest BCUT2D eigenvalue weighted by Gasteiger charge is -2.24. The summed E-state index contributed by atoms with van der Waals surface area (Å²) in [4.78, 5) is 27.5. The second-order valence-corrected chi connectivity index (χ2v) is 9.65. The Morgan fingerprint density at radius 3 is 2.47 bits per heavy atom. The molecule has 1 aliphatic carbocycles. The van der Waals surface area contributed by atoms with Crippen LogP contribution in [0.2, 0.25) is 10.0 Å². The van der Waals surface area contributed by atoms with Gasteiger partial charge in [-0.3, -0.25) is 4.79 Å². The number of esters is 1. The first-order valence-electron chi connectivity index (χ1n) is 11.2. The fraction of sp³-hybridized carbons (Fsp3) is 0.259. The lowest BCUT2D eigenvalue weighted by Crippen LogP contribution is -2.36. The Labute approximate surface area is 208 Å². The van der Waals surface area contributed by atoms with Gasteiger partial charge in [0.15, 0.2) is 0 Å². The van der Waals surface area contributed by atoms with E-state index in [2.05, 4.69) is 16.3 Å². The second kappa shape index (κ2) is 8.97. The zero-order valence-electron chi connectivity index (χ0n) is 18.7. The quantitative estimate of drug-likeness (QED) is 0.442. The highest BCUT2D eigenvalue weighted by Gasteiger charge is 2.46. The molecule has 174 valence electrons. The van der Waals surface area contributed by atoms with Gasteiger partial charge in [-0.15, -0.1) is 0 Å². The number of nitrogens with one attached hydrogen (secondary N) is 1. The minimum absolute atomic E-state index is 0.0903. The summed E-state index contributed by atoms with van der Waals surface area (Å²) in [5, 5.41) is 4.33. The Balaban J connectivity index is 1.38. The predicted octanol–water partition coefficient (Wildman–Crippen LogP) is 5.76. The summed E-state index contributed by atoms with van der Waals surface area (Å²) in [5.74, 6) is -0.463. The van der Waals surface area contributed by atoms with Crippen molar-refractivity contribution in [3.05, 3.63) is 98.5 Å². The maximum Gasteiger partial charge on any atom is 0.337 e. The van der Waals surface area contributed by atoms with E-state index >= 15 is 0 Å². The van der Waals surface area contributed by atoms with Crippen molar-refractivity contribution in [2.24, 2.45) is 0 Å². The number of benzene rings is 3. The van der Waals surface area contributed by atoms with Crippen molar-refractivity contribution in [3.63, 3.8) is 0 Å². The van der Waals surface area contributed by atoms with Crippen LogP contribution in [0.3, 0.4) is 0 Å². The molecule has 0 radical (unpaired) electrons. The summed E-state index contributed by atoms with van der Waals surface area (Å²) in [5.41, 5.74) is 4.94. The molecule has 0 unspecified atom stereocenters. The van der Waals surface area contributed by atoms with Crippen molar-refractivity contribution in [3.8, 4) is 0 Å². The maximum atomic E-state index is 13.5. The molecule has 1 N–H and O–H groups in total. The molecule has 2 aliphatic rings. The summed E-state index contributed by atoms with van der Waals surface area (Å²) in [6.45, 7) is 1.48. The lowest BCUT2D eigenvalue weighted by atomic mass is 10.0. The minimum Gasteiger partial charge on any atom is -0.465 e. The zero-order chi connectivity index (χ0) is 23.9. The minimum atomic E-state index is -0.401. The summed E-state index contributed by atoms with van der Waals surface area (Å²) >= 11 is 12.3. The molecule has 0 saturated heterocycles. The highest BCUT2D eigenvalue weighted by atomic mass is 35.5. The van der Waals surface area contributed by atoms with Gasteiger partial charge >= 0.3 is 5.97 Å². The van der Waals surface area contributed by atoms with E-state index in [0.717, 1.165) is 42.6 Å². The van der Waals surface area contributed by atoms with Gasteiger partial charge in [-0.05, 0) is 66.3 Å². The molecular weight excluding hydrogens is 471 g/mol. The van der Waals surface area contributed by atoms with E-state index in [-0.39, 0.29) is 11.9 Å². The number of halogens is 2. The summed E-state index contributed by atoms with van der Waals surface area (Å²) in [6.07, 6.45) is 2.61. The fourth-order valence-corrected chi connectivity index (χ4v) is 4.99. The van der Waals surface area contributed by atoms with Gasteiger partial charge in [0.05, 0.1) is 39.5 Å². The number of carbonyl (C=O) groups is 2. The molecule has 1 aliphatic heterocycles. The molecule has 0 spiro atoms. The molecule has 5 nitrogen and oxygen atoms in total. The van der Waals surface area contributed by atoms with Crippen LogP contribution in [-0.2, 0) is 23.2 Å². The first kappa shape index (κ1) is 22.8. The van der Waals surface area contributed by atoms with E-state index < -0.39 is 5.54 Å². The highest BCUT2D eigenvalue weighted by molar-refractivity contribution is 6.42. The predicted molar refractivity (Wildman–Crippen MR) is 134 cm³/mol. The number of carbonyl (C=O) groups excluding carboxylic acids is 2. The number of ether oxygens (including phenoxy) is 1. The van der Waals surface area contributed by atoms with Gasteiger partial charge in [-0.25, -0.2) is 4.79 Å². The first-order valence-corrected chi connectivity index (χ1v) is 12.0. The van der Waals surface area contributed by atoms with Gasteiger partial charge in [0.1, 0.15) is 0 Å². The smallest absolute Gasteiger partial charge is 0.337 e. The first-order chi connectivity index (χ1) is 16.4. The molecule has 0 bridgehead atoms. The van der Waals surface area contributed by atoms with Crippen molar-refractivity contribution in [1.82, 2.24) is 5.32 Å². The van der Waals surface area contributed by atoms with Crippen molar-refractivity contribution in [2.75, 3.05) is 18.6 Å². The van der Waals surface area contributed by atoms with Gasteiger partial charge < -0.3 is 15.0 Å². The molecule has 1 amide bonds. The Kier molecular flexibility index (Phi) is 6.00. The van der Waals surface area contributed by atoms with Crippen LogP contribution in [-0.4, -0.2) is 25.5 Å². The number of fused-ring (bicyclic) bond motifs is 1. The number of hydrogen-bond acceptors (Lipinski definition) is 4.